The van der Waals surface area contributed by atoms with E-state index in [4.69, 9.17) is 0 Å². The first kappa shape index (κ1) is 9.59. The van der Waals surface area contributed by atoms with Crippen molar-refractivity contribution in [3.05, 3.63) is 35.6 Å². The molecule has 0 spiro atoms. The normalized spacial score (nSPS) is 11.7. The smallest absolute Gasteiger partial charge is 0.126 e. The predicted molar refractivity (Wildman–Crippen MR) is 53.2 cm³/mol. The molecule has 0 amide bonds. The Morgan fingerprint density at radius 2 is 1.92 bits per heavy atom. The Labute approximate surface area is 78.2 Å². The molecule has 0 aliphatic carbocycles. The Bertz CT molecular complexity index is 263. The molecule has 66 valence electrons. The molecule has 0 nitrogen and oxygen atoms in total. The van der Waals surface area contributed by atoms with Crippen LogP contribution >= 0.6 is 12.6 Å². The van der Waals surface area contributed by atoms with Crippen LogP contribution in [0.1, 0.15) is 19.4 Å². The molecule has 12 heavy (non-hydrogen) atoms. The summed E-state index contributed by atoms with van der Waals surface area (Å²) >= 11 is 4.35. The Morgan fingerprint density at radius 3 is 2.42 bits per heavy atom. The van der Waals surface area contributed by atoms with Gasteiger partial charge in [-0.3, -0.25) is 0 Å². The van der Waals surface area contributed by atoms with Gasteiger partial charge in [0.1, 0.15) is 5.82 Å². The van der Waals surface area contributed by atoms with Gasteiger partial charge in [0.05, 0.1) is 0 Å². The van der Waals surface area contributed by atoms with Crippen LogP contribution in [0.25, 0.3) is 0 Å². The van der Waals surface area contributed by atoms with Gasteiger partial charge >= 0.3 is 0 Å². The molecule has 0 aliphatic heterocycles. The van der Waals surface area contributed by atoms with Crippen LogP contribution in [-0.4, -0.2) is 4.75 Å². The highest BCUT2D eigenvalue weighted by Crippen LogP contribution is 2.20. The lowest BCUT2D eigenvalue weighted by molar-refractivity contribution is 0.592. The van der Waals surface area contributed by atoms with Gasteiger partial charge in [-0.1, -0.05) is 32.0 Å². The second-order valence-electron chi connectivity index (χ2n) is 3.58. The lowest BCUT2D eigenvalue weighted by atomic mass is 10.0. The van der Waals surface area contributed by atoms with Crippen molar-refractivity contribution in [2.24, 2.45) is 0 Å². The van der Waals surface area contributed by atoms with E-state index in [1.54, 1.807) is 12.1 Å². The fourth-order valence-electron chi connectivity index (χ4n) is 1.11. The van der Waals surface area contributed by atoms with Crippen LogP contribution in [-0.2, 0) is 6.42 Å². The largest absolute Gasteiger partial charge is 0.207 e. The highest BCUT2D eigenvalue weighted by atomic mass is 32.1. The van der Waals surface area contributed by atoms with Crippen molar-refractivity contribution in [3.63, 3.8) is 0 Å². The molecule has 0 heterocycles. The summed E-state index contributed by atoms with van der Waals surface area (Å²) in [5, 5.41) is 0. The zero-order valence-electron chi connectivity index (χ0n) is 7.34. The summed E-state index contributed by atoms with van der Waals surface area (Å²) in [6, 6.07) is 6.82. The first-order valence-corrected chi connectivity index (χ1v) is 4.39. The lowest BCUT2D eigenvalue weighted by Gasteiger charge is -2.17. The highest BCUT2D eigenvalue weighted by Gasteiger charge is 2.14. The average molecular weight is 184 g/mol. The summed E-state index contributed by atoms with van der Waals surface area (Å²) in [5.41, 5.74) is 0.734. The van der Waals surface area contributed by atoms with Crippen molar-refractivity contribution in [3.8, 4) is 0 Å². The number of hydrogen-bond donors (Lipinski definition) is 1. The summed E-state index contributed by atoms with van der Waals surface area (Å²) in [6.45, 7) is 3.95. The summed E-state index contributed by atoms with van der Waals surface area (Å²) in [4.78, 5) is 0. The quantitative estimate of drug-likeness (QED) is 0.671. The predicted octanol–water partition coefficient (Wildman–Crippen LogP) is 3.08. The van der Waals surface area contributed by atoms with Crippen molar-refractivity contribution >= 4 is 12.6 Å². The SMILES string of the molecule is CC(C)(S)Cc1ccccc1F. The van der Waals surface area contributed by atoms with E-state index >= 15 is 0 Å². The van der Waals surface area contributed by atoms with Crippen molar-refractivity contribution in [2.75, 3.05) is 0 Å². The van der Waals surface area contributed by atoms with E-state index in [0.29, 0.717) is 6.42 Å². The van der Waals surface area contributed by atoms with E-state index in [2.05, 4.69) is 12.6 Å². The van der Waals surface area contributed by atoms with Crippen molar-refractivity contribution in [1.82, 2.24) is 0 Å². The number of rotatable bonds is 2. The van der Waals surface area contributed by atoms with E-state index in [-0.39, 0.29) is 10.6 Å². The van der Waals surface area contributed by atoms with Crippen molar-refractivity contribution in [2.45, 2.75) is 25.0 Å². The molecule has 0 saturated carbocycles. The molecule has 0 fully saturated rings. The Morgan fingerprint density at radius 1 is 1.33 bits per heavy atom. The molecular weight excluding hydrogens is 171 g/mol. The number of hydrogen-bond acceptors (Lipinski definition) is 1. The van der Waals surface area contributed by atoms with Crippen molar-refractivity contribution < 1.29 is 4.39 Å². The molecular formula is C10H13FS. The van der Waals surface area contributed by atoms with Crippen LogP contribution in [0.3, 0.4) is 0 Å². The molecule has 0 aromatic heterocycles. The fourth-order valence-corrected chi connectivity index (χ4v) is 1.28. The summed E-state index contributed by atoms with van der Waals surface area (Å²) in [7, 11) is 0. The Kier molecular flexibility index (Phi) is 2.78. The fraction of sp³-hybridized carbons (Fsp3) is 0.400. The van der Waals surface area contributed by atoms with Gasteiger partial charge in [0, 0.05) is 4.75 Å². The standard InChI is InChI=1S/C10H13FS/c1-10(2,12)7-8-5-3-4-6-9(8)11/h3-6,12H,7H2,1-2H3. The number of benzene rings is 1. The van der Waals surface area contributed by atoms with Crippen molar-refractivity contribution in [1.29, 1.82) is 0 Å². The molecule has 0 radical (unpaired) electrons. The molecule has 0 bridgehead atoms. The maximum Gasteiger partial charge on any atom is 0.126 e. The van der Waals surface area contributed by atoms with Crippen LogP contribution in [0.15, 0.2) is 24.3 Å². The Hall–Kier alpha value is -0.500. The lowest BCUT2D eigenvalue weighted by Crippen LogP contribution is -2.15. The third-order valence-electron chi connectivity index (χ3n) is 1.58. The van der Waals surface area contributed by atoms with Gasteiger partial charge in [-0.25, -0.2) is 4.39 Å². The second-order valence-corrected chi connectivity index (χ2v) is 4.79. The third-order valence-corrected chi connectivity index (χ3v) is 1.74. The molecule has 0 aliphatic rings. The molecule has 0 unspecified atom stereocenters. The van der Waals surface area contributed by atoms with Crippen LogP contribution < -0.4 is 0 Å². The second kappa shape index (κ2) is 3.48. The highest BCUT2D eigenvalue weighted by molar-refractivity contribution is 7.81. The van der Waals surface area contributed by atoms with Gasteiger partial charge in [0.25, 0.3) is 0 Å². The number of thiol groups is 1. The Balaban J connectivity index is 2.83. The monoisotopic (exact) mass is 184 g/mol. The van der Waals surface area contributed by atoms with E-state index in [0.717, 1.165) is 5.56 Å². The van der Waals surface area contributed by atoms with Crippen LogP contribution in [0, 0.1) is 5.82 Å². The molecule has 1 rings (SSSR count). The van der Waals surface area contributed by atoms with Crippen LogP contribution in [0.5, 0.6) is 0 Å². The summed E-state index contributed by atoms with van der Waals surface area (Å²) < 4.78 is 12.9. The van der Waals surface area contributed by atoms with E-state index < -0.39 is 0 Å². The van der Waals surface area contributed by atoms with Gasteiger partial charge in [-0.2, -0.15) is 12.6 Å². The van der Waals surface area contributed by atoms with Crippen LogP contribution in [0.4, 0.5) is 4.39 Å². The topological polar surface area (TPSA) is 0 Å². The molecule has 0 atom stereocenters. The van der Waals surface area contributed by atoms with Gasteiger partial charge < -0.3 is 0 Å². The minimum atomic E-state index is -0.151. The van der Waals surface area contributed by atoms with Gasteiger partial charge in [-0.05, 0) is 18.1 Å². The van der Waals surface area contributed by atoms with E-state index in [9.17, 15) is 4.39 Å². The molecule has 0 saturated heterocycles. The van der Waals surface area contributed by atoms with Gasteiger partial charge in [-0.15, -0.1) is 0 Å². The first-order valence-electron chi connectivity index (χ1n) is 3.95. The zero-order valence-corrected chi connectivity index (χ0v) is 8.24. The minimum Gasteiger partial charge on any atom is -0.207 e. The molecule has 1 aromatic rings. The van der Waals surface area contributed by atoms with Gasteiger partial charge in [0.15, 0.2) is 0 Å². The maximum absolute atomic E-state index is 13.1. The summed E-state index contributed by atoms with van der Waals surface area (Å²) in [5.74, 6) is -0.139. The molecule has 0 N–H and O–H groups in total. The first-order chi connectivity index (χ1) is 5.49. The molecule has 1 aromatic carbocycles. The zero-order chi connectivity index (χ0) is 9.19. The van der Waals surface area contributed by atoms with E-state index in [1.807, 2.05) is 19.9 Å². The minimum absolute atomic E-state index is 0.139. The van der Waals surface area contributed by atoms with Crippen LogP contribution in [0.2, 0.25) is 0 Å². The third kappa shape index (κ3) is 2.86. The number of halogens is 1. The summed E-state index contributed by atoms with van der Waals surface area (Å²) in [6.07, 6.45) is 0.656. The molecule has 2 heteroatoms. The van der Waals surface area contributed by atoms with E-state index in [1.165, 1.54) is 6.07 Å². The van der Waals surface area contributed by atoms with Gasteiger partial charge in [0.2, 0.25) is 0 Å². The maximum atomic E-state index is 13.1. The average Bonchev–Trinajstić information content (AvgIpc) is 1.91.